The minimum atomic E-state index is -4.58. The fourth-order valence-electron chi connectivity index (χ4n) is 3.00. The van der Waals surface area contributed by atoms with E-state index in [0.717, 1.165) is 25.1 Å². The normalized spacial score (nSPS) is 23.7. The molecular weight excluding hydrogens is 361 g/mol. The third kappa shape index (κ3) is 4.21. The molecule has 0 radical (unpaired) electrons. The molecule has 7 nitrogen and oxygen atoms in total. The van der Waals surface area contributed by atoms with E-state index in [0.29, 0.717) is 32.5 Å². The van der Waals surface area contributed by atoms with Gasteiger partial charge in [-0.25, -0.2) is 4.98 Å². The van der Waals surface area contributed by atoms with Gasteiger partial charge in [0.2, 0.25) is 0 Å². The van der Waals surface area contributed by atoms with Crippen LogP contribution in [0, 0.1) is 0 Å². The molecule has 11 heteroatoms. The zero-order valence-electron chi connectivity index (χ0n) is 13.4. The highest BCUT2D eigenvalue weighted by atomic mass is 32.2. The van der Waals surface area contributed by atoms with E-state index in [-0.39, 0.29) is 12.6 Å². The van der Waals surface area contributed by atoms with Crippen LogP contribution in [-0.4, -0.2) is 59.3 Å². The molecule has 1 aromatic rings. The van der Waals surface area contributed by atoms with Crippen LogP contribution < -0.4 is 4.74 Å². The van der Waals surface area contributed by atoms with Crippen LogP contribution in [0.25, 0.3) is 0 Å². The molecule has 3 rings (SSSR count). The first kappa shape index (κ1) is 18.3. The summed E-state index contributed by atoms with van der Waals surface area (Å²) in [4.78, 5) is 7.07. The lowest BCUT2D eigenvalue weighted by atomic mass is 10.1. The molecule has 0 saturated carbocycles. The van der Waals surface area contributed by atoms with Gasteiger partial charge in [-0.2, -0.15) is 35.2 Å². The van der Waals surface area contributed by atoms with Gasteiger partial charge in [-0.1, -0.05) is 0 Å². The number of piperidine rings is 1. The van der Waals surface area contributed by atoms with E-state index in [1.54, 1.807) is 0 Å². The maximum atomic E-state index is 12.7. The molecule has 0 aliphatic carbocycles. The van der Waals surface area contributed by atoms with Crippen molar-refractivity contribution in [1.29, 1.82) is 0 Å². The zero-order chi connectivity index (χ0) is 18.1. The molecule has 0 spiro atoms. The lowest BCUT2D eigenvalue weighted by molar-refractivity contribution is -0.141. The fraction of sp³-hybridized carbons (Fsp3) is 0.714. The summed E-state index contributed by atoms with van der Waals surface area (Å²) in [6.07, 6.45) is -1.40. The van der Waals surface area contributed by atoms with Crippen molar-refractivity contribution in [2.24, 2.45) is 0 Å². The third-order valence-corrected chi connectivity index (χ3v) is 6.26. The van der Waals surface area contributed by atoms with Crippen molar-refractivity contribution < 1.29 is 26.3 Å². The van der Waals surface area contributed by atoms with Gasteiger partial charge in [-0.3, -0.25) is 0 Å². The Kier molecular flexibility index (Phi) is 5.16. The highest BCUT2D eigenvalue weighted by Crippen LogP contribution is 2.28. The van der Waals surface area contributed by atoms with Crippen molar-refractivity contribution in [3.63, 3.8) is 0 Å². The molecule has 0 aromatic carbocycles. The lowest BCUT2D eigenvalue weighted by Gasteiger charge is -2.33. The molecule has 0 amide bonds. The largest absolute Gasteiger partial charge is 0.459 e. The molecule has 2 fully saturated rings. The second-order valence-corrected chi connectivity index (χ2v) is 8.00. The number of nitrogens with zero attached hydrogens (tertiary/aromatic N) is 4. The first-order valence-corrected chi connectivity index (χ1v) is 9.48. The second-order valence-electron chi connectivity index (χ2n) is 6.08. The Labute approximate surface area is 144 Å². The van der Waals surface area contributed by atoms with E-state index < -0.39 is 28.2 Å². The SMILES string of the molecule is O=S(=O)(N1CCCC1)N1CCCC(Oc2nccc(C(F)(F)F)n2)C1. The summed E-state index contributed by atoms with van der Waals surface area (Å²) in [6.45, 7) is 1.46. The predicted octanol–water partition coefficient (Wildman–Crippen LogP) is 1.68. The molecule has 0 N–H and O–H groups in total. The van der Waals surface area contributed by atoms with Gasteiger partial charge in [0.25, 0.3) is 10.2 Å². The Morgan fingerprint density at radius 1 is 1.12 bits per heavy atom. The predicted molar refractivity (Wildman–Crippen MR) is 82.0 cm³/mol. The maximum absolute atomic E-state index is 12.7. The first-order chi connectivity index (χ1) is 11.8. The Balaban J connectivity index is 1.68. The lowest BCUT2D eigenvalue weighted by Crippen LogP contribution is -2.49. The molecule has 3 heterocycles. The van der Waals surface area contributed by atoms with E-state index in [4.69, 9.17) is 4.74 Å². The zero-order valence-corrected chi connectivity index (χ0v) is 14.3. The minimum Gasteiger partial charge on any atom is -0.459 e. The maximum Gasteiger partial charge on any atom is 0.433 e. The van der Waals surface area contributed by atoms with Crippen molar-refractivity contribution in [3.05, 3.63) is 18.0 Å². The topological polar surface area (TPSA) is 75.6 Å². The summed E-state index contributed by atoms with van der Waals surface area (Å²) in [5.41, 5.74) is -1.09. The number of halogens is 3. The second kappa shape index (κ2) is 7.04. The molecular formula is C14H19F3N4O3S. The van der Waals surface area contributed by atoms with E-state index in [9.17, 15) is 21.6 Å². The molecule has 1 atom stereocenters. The van der Waals surface area contributed by atoms with Crippen molar-refractivity contribution in [1.82, 2.24) is 18.6 Å². The van der Waals surface area contributed by atoms with Crippen LogP contribution in [-0.2, 0) is 16.4 Å². The number of hydrogen-bond acceptors (Lipinski definition) is 5. The highest BCUT2D eigenvalue weighted by molar-refractivity contribution is 7.86. The van der Waals surface area contributed by atoms with E-state index in [1.807, 2.05) is 0 Å². The number of hydrogen-bond donors (Lipinski definition) is 0. The summed E-state index contributed by atoms with van der Waals surface area (Å²) in [5, 5.41) is 0. The van der Waals surface area contributed by atoms with Crippen LogP contribution in [0.5, 0.6) is 6.01 Å². The van der Waals surface area contributed by atoms with Crippen molar-refractivity contribution in [3.8, 4) is 6.01 Å². The smallest absolute Gasteiger partial charge is 0.433 e. The standard InChI is InChI=1S/C14H19F3N4O3S/c15-14(16,17)12-5-6-18-13(19-12)24-11-4-3-9-21(10-11)25(22,23)20-7-1-2-8-20/h5-6,11H,1-4,7-10H2. The molecule has 0 bridgehead atoms. The molecule has 2 aliphatic heterocycles. The molecule has 1 unspecified atom stereocenters. The Morgan fingerprint density at radius 3 is 2.48 bits per heavy atom. The van der Waals surface area contributed by atoms with Gasteiger partial charge in [0.15, 0.2) is 5.69 Å². The van der Waals surface area contributed by atoms with Gasteiger partial charge in [0, 0.05) is 25.8 Å². The number of ether oxygens (including phenoxy) is 1. The average molecular weight is 380 g/mol. The Morgan fingerprint density at radius 2 is 1.80 bits per heavy atom. The molecule has 2 aliphatic rings. The van der Waals surface area contributed by atoms with Crippen molar-refractivity contribution in [2.45, 2.75) is 38.0 Å². The van der Waals surface area contributed by atoms with E-state index >= 15 is 0 Å². The monoisotopic (exact) mass is 380 g/mol. The van der Waals surface area contributed by atoms with Crippen molar-refractivity contribution in [2.75, 3.05) is 26.2 Å². The number of rotatable bonds is 4. The van der Waals surface area contributed by atoms with Crippen molar-refractivity contribution >= 4 is 10.2 Å². The molecule has 140 valence electrons. The van der Waals surface area contributed by atoms with E-state index in [1.165, 1.54) is 8.61 Å². The van der Waals surface area contributed by atoms with Crippen LogP contribution >= 0.6 is 0 Å². The fourth-order valence-corrected chi connectivity index (χ4v) is 4.76. The van der Waals surface area contributed by atoms with Crippen LogP contribution in [0.4, 0.5) is 13.2 Å². The molecule has 2 saturated heterocycles. The third-order valence-electron chi connectivity index (χ3n) is 4.25. The summed E-state index contributed by atoms with van der Waals surface area (Å²) < 4.78 is 71.5. The quantitative estimate of drug-likeness (QED) is 0.795. The number of aromatic nitrogens is 2. The molecule has 25 heavy (non-hydrogen) atoms. The van der Waals surface area contributed by atoms with E-state index in [2.05, 4.69) is 9.97 Å². The number of alkyl halides is 3. The summed E-state index contributed by atoms with van der Waals surface area (Å²) in [6, 6.07) is 0.373. The van der Waals surface area contributed by atoms with Crippen LogP contribution in [0.2, 0.25) is 0 Å². The van der Waals surface area contributed by atoms with Crippen LogP contribution in [0.1, 0.15) is 31.4 Å². The van der Waals surface area contributed by atoms with Gasteiger partial charge in [-0.15, -0.1) is 0 Å². The van der Waals surface area contributed by atoms with Gasteiger partial charge >= 0.3 is 12.2 Å². The molecule has 1 aromatic heterocycles. The summed E-state index contributed by atoms with van der Waals surface area (Å²) in [7, 11) is -3.55. The highest BCUT2D eigenvalue weighted by Gasteiger charge is 2.36. The summed E-state index contributed by atoms with van der Waals surface area (Å²) >= 11 is 0. The van der Waals surface area contributed by atoms with Gasteiger partial charge in [0.05, 0.1) is 6.54 Å². The van der Waals surface area contributed by atoms with Gasteiger partial charge in [-0.05, 0) is 31.7 Å². The van der Waals surface area contributed by atoms with Crippen LogP contribution in [0.3, 0.4) is 0 Å². The first-order valence-electron chi connectivity index (χ1n) is 8.09. The Hall–Kier alpha value is -1.46. The average Bonchev–Trinajstić information content (AvgIpc) is 3.10. The van der Waals surface area contributed by atoms with Gasteiger partial charge < -0.3 is 4.74 Å². The van der Waals surface area contributed by atoms with Crippen LogP contribution in [0.15, 0.2) is 12.3 Å². The Bertz CT molecular complexity index is 708. The minimum absolute atomic E-state index is 0.0818. The van der Waals surface area contributed by atoms with Gasteiger partial charge in [0.1, 0.15) is 6.10 Å². The summed E-state index contributed by atoms with van der Waals surface area (Å²) in [5.74, 6) is 0.